The van der Waals surface area contributed by atoms with Crippen LogP contribution in [0.2, 0.25) is 0 Å². The molecule has 2 aromatic rings. The molecule has 0 unspecified atom stereocenters. The van der Waals surface area contributed by atoms with Crippen LogP contribution in [0.25, 0.3) is 0 Å². The first-order valence-electron chi connectivity index (χ1n) is 11.9. The Kier molecular flexibility index (Phi) is 7.73. The highest BCUT2D eigenvalue weighted by Crippen LogP contribution is 2.28. The lowest BCUT2D eigenvalue weighted by Gasteiger charge is -2.33. The number of anilines is 1. The Morgan fingerprint density at radius 3 is 2.46 bits per heavy atom. The second-order valence-electron chi connectivity index (χ2n) is 9.16. The number of carboxylic acid groups (broad SMARTS) is 1. The number of aromatic carboxylic acids is 1. The number of rotatable bonds is 8. The molecule has 4 rings (SSSR count). The van der Waals surface area contributed by atoms with Crippen molar-refractivity contribution in [3.8, 4) is 6.07 Å². The van der Waals surface area contributed by atoms with Gasteiger partial charge in [0.25, 0.3) is 0 Å². The van der Waals surface area contributed by atoms with Crippen LogP contribution in [0.1, 0.15) is 52.9 Å². The van der Waals surface area contributed by atoms with E-state index in [0.717, 1.165) is 0 Å². The summed E-state index contributed by atoms with van der Waals surface area (Å²) in [7, 11) is -3.85. The molecule has 194 valence electrons. The van der Waals surface area contributed by atoms with Gasteiger partial charge in [-0.3, -0.25) is 14.3 Å². The number of sulfonamides is 1. The van der Waals surface area contributed by atoms with Gasteiger partial charge in [0.15, 0.2) is 0 Å². The Morgan fingerprint density at radius 2 is 1.86 bits per heavy atom. The monoisotopic (exact) mass is 525 g/mol. The molecule has 11 nitrogen and oxygen atoms in total. The molecule has 37 heavy (non-hydrogen) atoms. The van der Waals surface area contributed by atoms with Gasteiger partial charge in [-0.2, -0.15) is 5.26 Å². The molecule has 2 aliphatic rings. The molecule has 2 aliphatic heterocycles. The number of carbonyl (C=O) groups is 3. The summed E-state index contributed by atoms with van der Waals surface area (Å²) >= 11 is 0. The molecule has 3 heterocycles. The number of pyridine rings is 1. The van der Waals surface area contributed by atoms with Crippen LogP contribution in [0.15, 0.2) is 36.4 Å². The second-order valence-corrected chi connectivity index (χ2v) is 10.9. The van der Waals surface area contributed by atoms with Crippen molar-refractivity contribution in [3.63, 3.8) is 0 Å². The van der Waals surface area contributed by atoms with E-state index in [-0.39, 0.29) is 35.0 Å². The van der Waals surface area contributed by atoms with Crippen LogP contribution in [-0.2, 0) is 31.9 Å². The first kappa shape index (κ1) is 26.1. The third kappa shape index (κ3) is 6.24. The van der Waals surface area contributed by atoms with E-state index in [1.807, 2.05) is 6.07 Å². The summed E-state index contributed by atoms with van der Waals surface area (Å²) in [6.45, 7) is 1.21. The summed E-state index contributed by atoms with van der Waals surface area (Å²) in [5, 5.41) is 19.3. The summed E-state index contributed by atoms with van der Waals surface area (Å²) in [6, 6.07) is 11.8. The molecule has 0 radical (unpaired) electrons. The summed E-state index contributed by atoms with van der Waals surface area (Å²) in [4.78, 5) is 44.4. The van der Waals surface area contributed by atoms with E-state index in [4.69, 9.17) is 0 Å². The molecular formula is C25H27N5O6S. The standard InChI is InChI=1S/C25H27N5O6S/c26-14-19-13-20(25(33)34)21(15-30-10-4-7-22(30)31)27-23(19)29-11-8-18(9-12-29)24(32)28-37(35,36)16-17-5-2-1-3-6-17/h1-3,5-6,13,18H,4,7-12,15-16H2,(H,28,32)(H,33,34). The minimum atomic E-state index is -3.85. The molecule has 1 aromatic carbocycles. The normalized spacial score (nSPS) is 16.5. The molecule has 0 bridgehead atoms. The Bertz CT molecular complexity index is 1350. The number of amides is 2. The number of nitrogens with zero attached hydrogens (tertiary/aromatic N) is 4. The first-order valence-corrected chi connectivity index (χ1v) is 13.6. The molecule has 12 heteroatoms. The van der Waals surface area contributed by atoms with Gasteiger partial charge in [-0.1, -0.05) is 30.3 Å². The number of benzene rings is 1. The Morgan fingerprint density at radius 1 is 1.16 bits per heavy atom. The molecule has 1 aromatic heterocycles. The SMILES string of the molecule is N#Cc1cc(C(=O)O)c(CN2CCCC2=O)nc1N1CCC(C(=O)NS(=O)(=O)Cc2ccccc2)CC1. The third-order valence-corrected chi connectivity index (χ3v) is 7.79. The number of nitrogens with one attached hydrogen (secondary N) is 1. The first-order chi connectivity index (χ1) is 17.7. The van der Waals surface area contributed by atoms with E-state index in [1.165, 1.54) is 6.07 Å². The van der Waals surface area contributed by atoms with Crippen LogP contribution in [0.3, 0.4) is 0 Å². The van der Waals surface area contributed by atoms with E-state index in [0.29, 0.717) is 56.7 Å². The molecule has 0 atom stereocenters. The highest BCUT2D eigenvalue weighted by atomic mass is 32.2. The second kappa shape index (κ2) is 11.0. The number of hydrogen-bond donors (Lipinski definition) is 2. The maximum absolute atomic E-state index is 12.7. The largest absolute Gasteiger partial charge is 0.478 e. The summed E-state index contributed by atoms with van der Waals surface area (Å²) in [5.74, 6) is -2.41. The van der Waals surface area contributed by atoms with Gasteiger partial charge in [0, 0.05) is 32.0 Å². The number of nitriles is 1. The number of hydrogen-bond acceptors (Lipinski definition) is 8. The van der Waals surface area contributed by atoms with Gasteiger partial charge in [0.1, 0.15) is 11.9 Å². The van der Waals surface area contributed by atoms with Gasteiger partial charge in [-0.25, -0.2) is 18.2 Å². The molecule has 2 fully saturated rings. The fourth-order valence-corrected chi connectivity index (χ4v) is 5.82. The Hall–Kier alpha value is -3.98. The highest BCUT2D eigenvalue weighted by Gasteiger charge is 2.31. The third-order valence-electron chi connectivity index (χ3n) is 6.57. The topological polar surface area (TPSA) is 161 Å². The lowest BCUT2D eigenvalue weighted by atomic mass is 9.96. The summed E-state index contributed by atoms with van der Waals surface area (Å²) in [5.41, 5.74) is 0.729. The summed E-state index contributed by atoms with van der Waals surface area (Å²) < 4.78 is 27.1. The van der Waals surface area contributed by atoms with Gasteiger partial charge in [-0.15, -0.1) is 0 Å². The van der Waals surface area contributed by atoms with E-state index in [9.17, 15) is 33.2 Å². The maximum atomic E-state index is 12.7. The molecule has 0 spiro atoms. The van der Waals surface area contributed by atoms with Crippen LogP contribution in [0, 0.1) is 17.2 Å². The van der Waals surface area contributed by atoms with Gasteiger partial charge in [-0.05, 0) is 30.9 Å². The quantitative estimate of drug-likeness (QED) is 0.522. The van der Waals surface area contributed by atoms with Crippen molar-refractivity contribution >= 4 is 33.6 Å². The van der Waals surface area contributed by atoms with Crippen molar-refractivity contribution < 1.29 is 27.9 Å². The van der Waals surface area contributed by atoms with Crippen LogP contribution < -0.4 is 9.62 Å². The smallest absolute Gasteiger partial charge is 0.337 e. The number of piperidine rings is 1. The fraction of sp³-hybridized carbons (Fsp3) is 0.400. The van der Waals surface area contributed by atoms with Gasteiger partial charge >= 0.3 is 5.97 Å². The van der Waals surface area contributed by atoms with Crippen LogP contribution in [0.5, 0.6) is 0 Å². The van der Waals surface area contributed by atoms with Crippen molar-refractivity contribution in [3.05, 3.63) is 58.8 Å². The van der Waals surface area contributed by atoms with Crippen molar-refractivity contribution in [2.75, 3.05) is 24.5 Å². The minimum Gasteiger partial charge on any atom is -0.478 e. The van der Waals surface area contributed by atoms with E-state index in [2.05, 4.69) is 9.71 Å². The van der Waals surface area contributed by atoms with Crippen molar-refractivity contribution in [1.82, 2.24) is 14.6 Å². The Balaban J connectivity index is 1.45. The summed E-state index contributed by atoms with van der Waals surface area (Å²) in [6.07, 6.45) is 1.77. The van der Waals surface area contributed by atoms with Gasteiger partial charge < -0.3 is 14.9 Å². The van der Waals surface area contributed by atoms with Crippen LogP contribution >= 0.6 is 0 Å². The zero-order valence-corrected chi connectivity index (χ0v) is 20.9. The number of carbonyl (C=O) groups excluding carboxylic acids is 2. The number of likely N-dealkylation sites (tertiary alicyclic amines) is 1. The van der Waals surface area contributed by atoms with E-state index < -0.39 is 27.8 Å². The molecule has 0 saturated carbocycles. The number of carboxylic acids is 1. The lowest BCUT2D eigenvalue weighted by Crippen LogP contribution is -2.43. The maximum Gasteiger partial charge on any atom is 0.337 e. The minimum absolute atomic E-state index is 0.0390. The van der Waals surface area contributed by atoms with Gasteiger partial charge in [0.05, 0.1) is 29.1 Å². The molecule has 0 aliphatic carbocycles. The predicted octanol–water partition coefficient (Wildman–Crippen LogP) is 1.64. The zero-order valence-electron chi connectivity index (χ0n) is 20.1. The Labute approximate surface area is 214 Å². The fourth-order valence-electron chi connectivity index (χ4n) is 4.64. The lowest BCUT2D eigenvalue weighted by molar-refractivity contribution is -0.128. The highest BCUT2D eigenvalue weighted by molar-refractivity contribution is 7.89. The van der Waals surface area contributed by atoms with Crippen LogP contribution in [0.4, 0.5) is 5.82 Å². The molecule has 2 N–H and O–H groups in total. The molecule has 2 saturated heterocycles. The van der Waals surface area contributed by atoms with Crippen molar-refractivity contribution in [2.45, 2.75) is 38.0 Å². The van der Waals surface area contributed by atoms with Crippen molar-refractivity contribution in [2.24, 2.45) is 5.92 Å². The van der Waals surface area contributed by atoms with Crippen molar-refractivity contribution in [1.29, 1.82) is 5.26 Å². The predicted molar refractivity (Wildman–Crippen MR) is 133 cm³/mol. The van der Waals surface area contributed by atoms with Crippen LogP contribution in [-0.4, -0.2) is 60.8 Å². The van der Waals surface area contributed by atoms with E-state index >= 15 is 0 Å². The average molecular weight is 526 g/mol. The zero-order chi connectivity index (χ0) is 26.6. The van der Waals surface area contributed by atoms with Gasteiger partial charge in [0.2, 0.25) is 21.8 Å². The average Bonchev–Trinajstić information content (AvgIpc) is 3.27. The van der Waals surface area contributed by atoms with E-state index in [1.54, 1.807) is 40.1 Å². The molecular weight excluding hydrogens is 498 g/mol. The number of aromatic nitrogens is 1. The molecule has 2 amide bonds.